The molecule has 1 N–H and O–H groups in total. The Morgan fingerprint density at radius 1 is 0.737 bits per heavy atom. The van der Waals surface area contributed by atoms with Crippen LogP contribution in [0.4, 0.5) is 22.7 Å². The molecule has 0 aliphatic carbocycles. The number of hydrogen-bond acceptors (Lipinski definition) is 6. The maximum absolute atomic E-state index is 13.4. The number of ketones is 1. The van der Waals surface area contributed by atoms with Crippen molar-refractivity contribution in [3.8, 4) is 5.75 Å². The van der Waals surface area contributed by atoms with Crippen LogP contribution in [-0.4, -0.2) is 24.0 Å². The number of carbonyl (C=O) groups is 1. The van der Waals surface area contributed by atoms with Crippen molar-refractivity contribution >= 4 is 39.5 Å². The van der Waals surface area contributed by atoms with E-state index in [9.17, 15) is 14.7 Å². The first kappa shape index (κ1) is 24.8. The van der Waals surface area contributed by atoms with Crippen LogP contribution in [0.3, 0.4) is 0 Å². The summed E-state index contributed by atoms with van der Waals surface area (Å²) in [6.45, 7) is 5.65. The maximum atomic E-state index is 13.4. The van der Waals surface area contributed by atoms with E-state index in [1.807, 2.05) is 92.7 Å². The average molecular weight is 505 g/mol. The molecule has 6 nitrogen and oxygen atoms in total. The molecule has 38 heavy (non-hydrogen) atoms. The molecule has 0 spiro atoms. The maximum Gasteiger partial charge on any atom is 0.351 e. The van der Waals surface area contributed by atoms with Gasteiger partial charge in [0.2, 0.25) is 5.78 Å². The van der Waals surface area contributed by atoms with Crippen molar-refractivity contribution in [2.24, 2.45) is 0 Å². The molecule has 0 bridgehead atoms. The molecule has 0 saturated carbocycles. The third kappa shape index (κ3) is 4.64. The molecule has 0 amide bonds. The molecular weight excluding hydrogens is 476 g/mol. The number of hydrogen-bond donors (Lipinski definition) is 1. The zero-order valence-electron chi connectivity index (χ0n) is 21.3. The molecule has 0 aliphatic rings. The molecule has 0 atom stereocenters. The molecule has 5 rings (SSSR count). The lowest BCUT2D eigenvalue weighted by Gasteiger charge is -2.25. The molecule has 1 aromatic heterocycles. The number of anilines is 4. The molecule has 0 saturated heterocycles. The minimum atomic E-state index is -0.865. The SMILES string of the molecule is CCN(CC)c1ccc2c(O)c(C(=O)c3ccc(N(c4ccccc4)c4ccccc4)cc3)c(=O)oc2c1. The van der Waals surface area contributed by atoms with Crippen molar-refractivity contribution < 1.29 is 14.3 Å². The Morgan fingerprint density at radius 3 is 1.82 bits per heavy atom. The van der Waals surface area contributed by atoms with Crippen LogP contribution < -0.4 is 15.4 Å². The number of nitrogens with zero attached hydrogens (tertiary/aromatic N) is 2. The summed E-state index contributed by atoms with van der Waals surface area (Å²) < 4.78 is 5.50. The second kappa shape index (κ2) is 10.6. The minimum Gasteiger partial charge on any atom is -0.506 e. The van der Waals surface area contributed by atoms with Gasteiger partial charge in [0, 0.05) is 47.5 Å². The fourth-order valence-electron chi connectivity index (χ4n) is 4.67. The Morgan fingerprint density at radius 2 is 1.26 bits per heavy atom. The predicted molar refractivity (Wildman–Crippen MR) is 152 cm³/mol. The van der Waals surface area contributed by atoms with E-state index in [4.69, 9.17) is 4.42 Å². The monoisotopic (exact) mass is 504 g/mol. The lowest BCUT2D eigenvalue weighted by atomic mass is 10.0. The van der Waals surface area contributed by atoms with Crippen LogP contribution >= 0.6 is 0 Å². The molecular formula is C32H28N2O4. The van der Waals surface area contributed by atoms with E-state index < -0.39 is 11.4 Å². The van der Waals surface area contributed by atoms with Crippen LogP contribution in [0.2, 0.25) is 0 Å². The highest BCUT2D eigenvalue weighted by atomic mass is 16.4. The molecule has 0 aliphatic heterocycles. The third-order valence-electron chi connectivity index (χ3n) is 6.64. The fraction of sp³-hybridized carbons (Fsp3) is 0.125. The van der Waals surface area contributed by atoms with Gasteiger partial charge in [-0.1, -0.05) is 36.4 Å². The second-order valence-electron chi connectivity index (χ2n) is 8.85. The molecule has 0 unspecified atom stereocenters. The lowest BCUT2D eigenvalue weighted by Crippen LogP contribution is -2.21. The molecule has 5 aromatic rings. The Bertz CT molecular complexity index is 1580. The van der Waals surface area contributed by atoms with Crippen LogP contribution in [0.1, 0.15) is 29.8 Å². The number of aromatic hydroxyl groups is 1. The zero-order chi connectivity index (χ0) is 26.6. The molecule has 6 heteroatoms. The predicted octanol–water partition coefficient (Wildman–Crippen LogP) is 7.05. The molecule has 0 radical (unpaired) electrons. The van der Waals surface area contributed by atoms with Crippen molar-refractivity contribution in [1.29, 1.82) is 0 Å². The molecule has 4 aromatic carbocycles. The van der Waals surface area contributed by atoms with Gasteiger partial charge in [0.05, 0.1) is 5.39 Å². The van der Waals surface area contributed by atoms with Gasteiger partial charge >= 0.3 is 5.63 Å². The zero-order valence-corrected chi connectivity index (χ0v) is 21.3. The van der Waals surface area contributed by atoms with Crippen LogP contribution in [0, 0.1) is 0 Å². The van der Waals surface area contributed by atoms with Gasteiger partial charge < -0.3 is 19.3 Å². The van der Waals surface area contributed by atoms with E-state index in [0.29, 0.717) is 5.39 Å². The van der Waals surface area contributed by atoms with Crippen molar-refractivity contribution in [1.82, 2.24) is 0 Å². The van der Waals surface area contributed by atoms with Crippen molar-refractivity contribution in [2.75, 3.05) is 22.9 Å². The Kier molecular flexibility index (Phi) is 6.96. The molecule has 1 heterocycles. The summed E-state index contributed by atoms with van der Waals surface area (Å²) in [6, 6.07) is 32.0. The van der Waals surface area contributed by atoms with Gasteiger partial charge in [-0.25, -0.2) is 4.79 Å². The summed E-state index contributed by atoms with van der Waals surface area (Å²) in [6.07, 6.45) is 0. The Labute approximate surface area is 221 Å². The van der Waals surface area contributed by atoms with Crippen molar-refractivity contribution in [3.63, 3.8) is 0 Å². The fourth-order valence-corrected chi connectivity index (χ4v) is 4.67. The van der Waals surface area contributed by atoms with Gasteiger partial charge in [-0.15, -0.1) is 0 Å². The first-order valence-corrected chi connectivity index (χ1v) is 12.6. The first-order chi connectivity index (χ1) is 18.5. The number of benzene rings is 4. The topological polar surface area (TPSA) is 74.0 Å². The number of rotatable bonds is 8. The number of carbonyl (C=O) groups excluding carboxylic acids is 1. The van der Waals surface area contributed by atoms with E-state index in [1.165, 1.54) is 0 Å². The van der Waals surface area contributed by atoms with E-state index in [2.05, 4.69) is 9.80 Å². The van der Waals surface area contributed by atoms with Gasteiger partial charge in [-0.05, 0) is 74.5 Å². The number of para-hydroxylation sites is 2. The highest BCUT2D eigenvalue weighted by Crippen LogP contribution is 2.35. The van der Waals surface area contributed by atoms with Crippen LogP contribution in [0.15, 0.2) is 112 Å². The van der Waals surface area contributed by atoms with Crippen LogP contribution in [0.5, 0.6) is 5.75 Å². The standard InChI is InChI=1S/C32H28N2O4/c1-3-33(4-2)26-19-20-27-28(21-26)38-32(37)29(31(27)36)30(35)22-15-17-25(18-16-22)34(23-11-7-5-8-12-23)24-13-9-6-10-14-24/h5-21,36H,3-4H2,1-2H3. The first-order valence-electron chi connectivity index (χ1n) is 12.6. The van der Waals surface area contributed by atoms with E-state index in [1.54, 1.807) is 24.3 Å². The highest BCUT2D eigenvalue weighted by Gasteiger charge is 2.23. The molecule has 0 fully saturated rings. The van der Waals surface area contributed by atoms with Crippen LogP contribution in [-0.2, 0) is 0 Å². The third-order valence-corrected chi connectivity index (χ3v) is 6.64. The molecule has 190 valence electrons. The number of fused-ring (bicyclic) bond motifs is 1. The Balaban J connectivity index is 1.51. The van der Waals surface area contributed by atoms with E-state index in [-0.39, 0.29) is 22.5 Å². The minimum absolute atomic E-state index is 0.241. The van der Waals surface area contributed by atoms with Crippen molar-refractivity contribution in [3.05, 3.63) is 125 Å². The summed E-state index contributed by atoms with van der Waals surface area (Å²) in [4.78, 5) is 30.4. The van der Waals surface area contributed by atoms with E-state index >= 15 is 0 Å². The lowest BCUT2D eigenvalue weighted by molar-refractivity contribution is 0.103. The Hall–Kier alpha value is -4.84. The van der Waals surface area contributed by atoms with E-state index in [0.717, 1.165) is 35.8 Å². The summed E-state index contributed by atoms with van der Waals surface area (Å²) in [5.41, 5.74) is 2.93. The van der Waals surface area contributed by atoms with Gasteiger partial charge in [0.15, 0.2) is 5.56 Å². The van der Waals surface area contributed by atoms with Crippen molar-refractivity contribution in [2.45, 2.75) is 13.8 Å². The van der Waals surface area contributed by atoms with Crippen LogP contribution in [0.25, 0.3) is 11.0 Å². The van der Waals surface area contributed by atoms with Gasteiger partial charge in [-0.2, -0.15) is 0 Å². The second-order valence-corrected chi connectivity index (χ2v) is 8.85. The summed E-state index contributed by atoms with van der Waals surface area (Å²) in [5.74, 6) is -0.963. The van der Waals surface area contributed by atoms with Gasteiger partial charge in [-0.3, -0.25) is 4.79 Å². The van der Waals surface area contributed by atoms with Gasteiger partial charge in [0.1, 0.15) is 11.3 Å². The highest BCUT2D eigenvalue weighted by molar-refractivity contribution is 6.12. The smallest absolute Gasteiger partial charge is 0.351 e. The van der Waals surface area contributed by atoms with Gasteiger partial charge in [0.25, 0.3) is 0 Å². The largest absolute Gasteiger partial charge is 0.506 e. The summed E-state index contributed by atoms with van der Waals surface area (Å²) in [7, 11) is 0. The normalized spacial score (nSPS) is 10.9. The summed E-state index contributed by atoms with van der Waals surface area (Å²) in [5, 5.41) is 11.3. The quantitative estimate of drug-likeness (QED) is 0.180. The summed E-state index contributed by atoms with van der Waals surface area (Å²) >= 11 is 0. The average Bonchev–Trinajstić information content (AvgIpc) is 2.95.